The first-order valence-corrected chi connectivity index (χ1v) is 6.97. The number of ether oxygens (including phenoxy) is 1. The number of hydrogen-bond acceptors (Lipinski definition) is 4. The minimum atomic E-state index is -0.486. The highest BCUT2D eigenvalue weighted by Crippen LogP contribution is 2.24. The zero-order chi connectivity index (χ0) is 13.7. The first-order valence-electron chi connectivity index (χ1n) is 6.97. The van der Waals surface area contributed by atoms with E-state index in [-0.39, 0.29) is 0 Å². The molecule has 1 N–H and O–H groups in total. The van der Waals surface area contributed by atoms with Crippen LogP contribution in [0.3, 0.4) is 0 Å². The zero-order valence-electron chi connectivity index (χ0n) is 11.9. The van der Waals surface area contributed by atoms with Crippen LogP contribution in [0.5, 0.6) is 5.75 Å². The molecule has 1 aromatic rings. The van der Waals surface area contributed by atoms with Gasteiger partial charge in [0, 0.05) is 38.3 Å². The largest absolute Gasteiger partial charge is 0.492 e. The number of aliphatic hydroxyl groups excluding tert-OH is 1. The lowest BCUT2D eigenvalue weighted by Crippen LogP contribution is -2.45. The van der Waals surface area contributed by atoms with Gasteiger partial charge >= 0.3 is 0 Å². The van der Waals surface area contributed by atoms with E-state index in [9.17, 15) is 5.11 Å². The van der Waals surface area contributed by atoms with Crippen molar-refractivity contribution in [1.82, 2.24) is 9.80 Å². The van der Waals surface area contributed by atoms with Crippen molar-refractivity contribution in [3.8, 4) is 5.75 Å². The Bertz CT molecular complexity index is 387. The lowest BCUT2D eigenvalue weighted by Gasteiger charge is -2.32. The maximum absolute atomic E-state index is 9.69. The van der Waals surface area contributed by atoms with E-state index in [4.69, 9.17) is 4.74 Å². The Morgan fingerprint density at radius 2 is 1.89 bits per heavy atom. The molecule has 1 fully saturated rings. The molecule has 0 unspecified atom stereocenters. The van der Waals surface area contributed by atoms with Crippen LogP contribution in [0.25, 0.3) is 0 Å². The quantitative estimate of drug-likeness (QED) is 0.871. The molecule has 1 aromatic carbocycles. The normalized spacial score (nSPS) is 19.3. The van der Waals surface area contributed by atoms with Crippen LogP contribution in [0.4, 0.5) is 0 Å². The highest BCUT2D eigenvalue weighted by molar-refractivity contribution is 5.34. The van der Waals surface area contributed by atoms with Gasteiger partial charge in [0.05, 0.1) is 6.10 Å². The molecule has 0 aromatic heterocycles. The molecule has 1 aliphatic rings. The van der Waals surface area contributed by atoms with Gasteiger partial charge < -0.3 is 14.7 Å². The van der Waals surface area contributed by atoms with Crippen LogP contribution in [-0.4, -0.2) is 61.3 Å². The zero-order valence-corrected chi connectivity index (χ0v) is 11.9. The smallest absolute Gasteiger partial charge is 0.125 e. The molecule has 1 saturated heterocycles. The van der Waals surface area contributed by atoms with Gasteiger partial charge in [0.2, 0.25) is 0 Å². The number of benzene rings is 1. The van der Waals surface area contributed by atoms with E-state index >= 15 is 0 Å². The van der Waals surface area contributed by atoms with E-state index in [1.54, 1.807) is 6.92 Å². The molecular formula is C15H24N2O2. The van der Waals surface area contributed by atoms with Crippen molar-refractivity contribution < 1.29 is 9.84 Å². The molecule has 0 aliphatic carbocycles. The predicted molar refractivity (Wildman–Crippen MR) is 76.5 cm³/mol. The van der Waals surface area contributed by atoms with Crippen LogP contribution >= 0.6 is 0 Å². The topological polar surface area (TPSA) is 35.9 Å². The Labute approximate surface area is 115 Å². The van der Waals surface area contributed by atoms with E-state index in [1.165, 1.54) is 0 Å². The van der Waals surface area contributed by atoms with Gasteiger partial charge in [-0.1, -0.05) is 18.2 Å². The van der Waals surface area contributed by atoms with Crippen molar-refractivity contribution in [2.24, 2.45) is 0 Å². The Morgan fingerprint density at radius 3 is 2.58 bits per heavy atom. The standard InChI is InChI=1S/C15H24N2O2/c1-13(18)14-5-3-4-6-15(14)19-12-11-17-9-7-16(2)8-10-17/h3-6,13,18H,7-12H2,1-2H3/t13-/m0/s1. The molecule has 106 valence electrons. The fourth-order valence-electron chi connectivity index (χ4n) is 2.31. The maximum Gasteiger partial charge on any atom is 0.125 e. The van der Waals surface area contributed by atoms with E-state index in [0.29, 0.717) is 6.61 Å². The third-order valence-electron chi connectivity index (χ3n) is 3.63. The summed E-state index contributed by atoms with van der Waals surface area (Å²) >= 11 is 0. The minimum Gasteiger partial charge on any atom is -0.492 e. The maximum atomic E-state index is 9.69. The van der Waals surface area contributed by atoms with E-state index < -0.39 is 6.10 Å². The lowest BCUT2D eigenvalue weighted by molar-refractivity contribution is 0.131. The molecule has 4 heteroatoms. The Hall–Kier alpha value is -1.10. The summed E-state index contributed by atoms with van der Waals surface area (Å²) in [5.74, 6) is 0.798. The molecule has 4 nitrogen and oxygen atoms in total. The third-order valence-corrected chi connectivity index (χ3v) is 3.63. The highest BCUT2D eigenvalue weighted by Gasteiger charge is 2.14. The Morgan fingerprint density at radius 1 is 1.21 bits per heavy atom. The summed E-state index contributed by atoms with van der Waals surface area (Å²) in [5.41, 5.74) is 0.862. The van der Waals surface area contributed by atoms with E-state index in [2.05, 4.69) is 16.8 Å². The van der Waals surface area contributed by atoms with Crippen molar-refractivity contribution in [3.05, 3.63) is 29.8 Å². The lowest BCUT2D eigenvalue weighted by atomic mass is 10.1. The molecule has 0 radical (unpaired) electrons. The Balaban J connectivity index is 1.79. The number of nitrogens with zero attached hydrogens (tertiary/aromatic N) is 2. The summed E-state index contributed by atoms with van der Waals surface area (Å²) in [4.78, 5) is 4.77. The molecular weight excluding hydrogens is 240 g/mol. The molecule has 0 amide bonds. The van der Waals surface area contributed by atoms with Gasteiger partial charge in [-0.3, -0.25) is 4.90 Å². The van der Waals surface area contributed by atoms with Crippen LogP contribution < -0.4 is 4.74 Å². The van der Waals surface area contributed by atoms with Crippen LogP contribution in [0, 0.1) is 0 Å². The average molecular weight is 264 g/mol. The van der Waals surface area contributed by atoms with E-state index in [0.717, 1.165) is 44.0 Å². The van der Waals surface area contributed by atoms with Crippen molar-refractivity contribution in [2.45, 2.75) is 13.0 Å². The summed E-state index contributed by atoms with van der Waals surface area (Å²) in [6.45, 7) is 7.86. The van der Waals surface area contributed by atoms with Crippen LogP contribution in [-0.2, 0) is 0 Å². The number of piperazine rings is 1. The summed E-state index contributed by atoms with van der Waals surface area (Å²) in [5, 5.41) is 9.69. The first kappa shape index (κ1) is 14.3. The monoisotopic (exact) mass is 264 g/mol. The second-order valence-electron chi connectivity index (χ2n) is 5.21. The molecule has 0 bridgehead atoms. The SMILES string of the molecule is C[C@H](O)c1ccccc1OCCN1CCN(C)CC1. The average Bonchev–Trinajstić information content (AvgIpc) is 2.41. The Kier molecular flexibility index (Phi) is 5.19. The van der Waals surface area contributed by atoms with Gasteiger partial charge in [-0.2, -0.15) is 0 Å². The van der Waals surface area contributed by atoms with Gasteiger partial charge in [0.1, 0.15) is 12.4 Å². The molecule has 2 rings (SSSR count). The summed E-state index contributed by atoms with van der Waals surface area (Å²) in [7, 11) is 2.16. The molecule has 0 saturated carbocycles. The summed E-state index contributed by atoms with van der Waals surface area (Å²) in [6, 6.07) is 7.70. The molecule has 1 aliphatic heterocycles. The van der Waals surface area contributed by atoms with E-state index in [1.807, 2.05) is 24.3 Å². The highest BCUT2D eigenvalue weighted by atomic mass is 16.5. The third kappa shape index (κ3) is 4.20. The van der Waals surface area contributed by atoms with Gasteiger partial charge in [-0.15, -0.1) is 0 Å². The number of para-hydroxylation sites is 1. The van der Waals surface area contributed by atoms with Gasteiger partial charge in [0.25, 0.3) is 0 Å². The van der Waals surface area contributed by atoms with Crippen molar-refractivity contribution in [2.75, 3.05) is 46.4 Å². The number of hydrogen-bond donors (Lipinski definition) is 1. The summed E-state index contributed by atoms with van der Waals surface area (Å²) in [6.07, 6.45) is -0.486. The van der Waals surface area contributed by atoms with Crippen LogP contribution in [0.15, 0.2) is 24.3 Å². The van der Waals surface area contributed by atoms with Crippen LogP contribution in [0.1, 0.15) is 18.6 Å². The number of likely N-dealkylation sites (N-methyl/N-ethyl adjacent to an activating group) is 1. The fourth-order valence-corrected chi connectivity index (χ4v) is 2.31. The molecule has 0 spiro atoms. The number of aliphatic hydroxyl groups is 1. The molecule has 1 heterocycles. The predicted octanol–water partition coefficient (Wildman–Crippen LogP) is 1.37. The van der Waals surface area contributed by atoms with Crippen molar-refractivity contribution in [3.63, 3.8) is 0 Å². The van der Waals surface area contributed by atoms with Crippen molar-refractivity contribution in [1.29, 1.82) is 0 Å². The second-order valence-corrected chi connectivity index (χ2v) is 5.21. The van der Waals surface area contributed by atoms with Gasteiger partial charge in [-0.05, 0) is 20.0 Å². The molecule has 19 heavy (non-hydrogen) atoms. The molecule has 1 atom stereocenters. The minimum absolute atomic E-state index is 0.486. The summed E-state index contributed by atoms with van der Waals surface area (Å²) < 4.78 is 5.81. The first-order chi connectivity index (χ1) is 9.16. The van der Waals surface area contributed by atoms with Crippen molar-refractivity contribution >= 4 is 0 Å². The fraction of sp³-hybridized carbons (Fsp3) is 0.600. The van der Waals surface area contributed by atoms with Gasteiger partial charge in [-0.25, -0.2) is 0 Å². The van der Waals surface area contributed by atoms with Gasteiger partial charge in [0.15, 0.2) is 0 Å². The van der Waals surface area contributed by atoms with Crippen LogP contribution in [0.2, 0.25) is 0 Å². The number of rotatable bonds is 5. The second kappa shape index (κ2) is 6.89.